The Labute approximate surface area is 111 Å². The fraction of sp³-hybridized carbons (Fsp3) is 0.429. The largest absolute Gasteiger partial charge is 0.300 e. The van der Waals surface area contributed by atoms with Crippen molar-refractivity contribution in [2.45, 2.75) is 38.3 Å². The predicted octanol–water partition coefficient (Wildman–Crippen LogP) is 3.27. The molecule has 0 spiro atoms. The van der Waals surface area contributed by atoms with Crippen molar-refractivity contribution in [2.75, 3.05) is 0 Å². The van der Waals surface area contributed by atoms with E-state index in [1.807, 2.05) is 23.8 Å². The van der Waals surface area contributed by atoms with Crippen molar-refractivity contribution in [3.63, 3.8) is 0 Å². The third-order valence-electron chi connectivity index (χ3n) is 3.47. The molecule has 0 aromatic carbocycles. The molecule has 3 rings (SSSR count). The van der Waals surface area contributed by atoms with Gasteiger partial charge in [-0.3, -0.25) is 10.3 Å². The molecule has 2 heterocycles. The summed E-state index contributed by atoms with van der Waals surface area (Å²) in [4.78, 5) is 8.93. The molecule has 0 aliphatic heterocycles. The van der Waals surface area contributed by atoms with Crippen LogP contribution >= 0.6 is 11.3 Å². The van der Waals surface area contributed by atoms with Crippen LogP contribution in [0.1, 0.15) is 48.1 Å². The highest BCUT2D eigenvalue weighted by atomic mass is 32.1. The second kappa shape index (κ2) is 5.16. The van der Waals surface area contributed by atoms with Crippen LogP contribution in [-0.4, -0.2) is 9.97 Å². The molecule has 2 atom stereocenters. The van der Waals surface area contributed by atoms with Gasteiger partial charge in [0.05, 0.1) is 17.8 Å². The van der Waals surface area contributed by atoms with Crippen LogP contribution < -0.4 is 5.32 Å². The number of nitrogens with zero attached hydrogens (tertiary/aromatic N) is 2. The summed E-state index contributed by atoms with van der Waals surface area (Å²) in [7, 11) is 0. The molecule has 18 heavy (non-hydrogen) atoms. The number of thiazole rings is 1. The molecule has 0 saturated carbocycles. The van der Waals surface area contributed by atoms with Crippen LogP contribution in [0, 0.1) is 0 Å². The predicted molar refractivity (Wildman–Crippen MR) is 73.6 cm³/mol. The maximum Gasteiger partial charge on any atom is 0.109 e. The number of rotatable bonds is 3. The fourth-order valence-electron chi connectivity index (χ4n) is 2.59. The first-order chi connectivity index (χ1) is 8.84. The first kappa shape index (κ1) is 11.8. The lowest BCUT2D eigenvalue weighted by Gasteiger charge is -2.27. The Bertz CT molecular complexity index is 510. The number of nitrogens with one attached hydrogen (secondary N) is 1. The minimum absolute atomic E-state index is 0.294. The van der Waals surface area contributed by atoms with E-state index in [1.165, 1.54) is 24.1 Å². The summed E-state index contributed by atoms with van der Waals surface area (Å²) in [6.07, 6.45) is 7.33. The summed E-state index contributed by atoms with van der Waals surface area (Å²) in [6.45, 7) is 2.18. The number of fused-ring (bicyclic) bond motifs is 1. The Balaban J connectivity index is 1.78. The van der Waals surface area contributed by atoms with Crippen molar-refractivity contribution in [3.8, 4) is 0 Å². The summed E-state index contributed by atoms with van der Waals surface area (Å²) in [5, 5.41) is 6.84. The Hall–Kier alpha value is -1.26. The van der Waals surface area contributed by atoms with Crippen LogP contribution in [0.3, 0.4) is 0 Å². The molecular formula is C14H17N3S. The molecule has 1 aliphatic rings. The second-order valence-electron chi connectivity index (χ2n) is 4.75. The summed E-state index contributed by atoms with van der Waals surface area (Å²) in [6, 6.07) is 4.90. The van der Waals surface area contributed by atoms with Gasteiger partial charge in [-0.05, 0) is 37.8 Å². The Morgan fingerprint density at radius 3 is 3.17 bits per heavy atom. The molecule has 0 radical (unpaired) electrons. The molecule has 0 amide bonds. The van der Waals surface area contributed by atoms with E-state index < -0.39 is 0 Å². The quantitative estimate of drug-likeness (QED) is 0.919. The lowest BCUT2D eigenvalue weighted by Crippen LogP contribution is -2.28. The Morgan fingerprint density at radius 2 is 2.33 bits per heavy atom. The Morgan fingerprint density at radius 1 is 1.39 bits per heavy atom. The van der Waals surface area contributed by atoms with Crippen molar-refractivity contribution in [3.05, 3.63) is 46.2 Å². The van der Waals surface area contributed by atoms with E-state index in [0.29, 0.717) is 12.1 Å². The zero-order valence-corrected chi connectivity index (χ0v) is 11.3. The van der Waals surface area contributed by atoms with E-state index in [2.05, 4.69) is 28.3 Å². The molecule has 2 aromatic rings. The van der Waals surface area contributed by atoms with E-state index in [9.17, 15) is 0 Å². The third-order valence-corrected chi connectivity index (χ3v) is 4.43. The molecule has 94 valence electrons. The maximum atomic E-state index is 4.56. The van der Waals surface area contributed by atoms with E-state index in [0.717, 1.165) is 11.4 Å². The van der Waals surface area contributed by atoms with Crippen molar-refractivity contribution < 1.29 is 0 Å². The number of pyridine rings is 1. The van der Waals surface area contributed by atoms with Gasteiger partial charge in [-0.1, -0.05) is 6.07 Å². The van der Waals surface area contributed by atoms with Crippen LogP contribution in [0.4, 0.5) is 0 Å². The van der Waals surface area contributed by atoms with Crippen LogP contribution in [0.15, 0.2) is 29.9 Å². The standard InChI is InChI=1S/C14H17N3S/c1-10(14-16-8-9-18-14)17-12-6-2-4-11-5-3-7-15-13(11)12/h3,5,7-10,12,17H,2,4,6H2,1H3. The van der Waals surface area contributed by atoms with Gasteiger partial charge in [-0.15, -0.1) is 11.3 Å². The minimum Gasteiger partial charge on any atom is -0.300 e. The molecule has 4 heteroatoms. The Kier molecular flexibility index (Phi) is 3.39. The van der Waals surface area contributed by atoms with E-state index >= 15 is 0 Å². The van der Waals surface area contributed by atoms with Gasteiger partial charge in [-0.2, -0.15) is 0 Å². The van der Waals surface area contributed by atoms with Gasteiger partial charge in [0.1, 0.15) is 5.01 Å². The highest BCUT2D eigenvalue weighted by Crippen LogP contribution is 2.30. The van der Waals surface area contributed by atoms with Crippen molar-refractivity contribution >= 4 is 11.3 Å². The summed E-state index contributed by atoms with van der Waals surface area (Å²) < 4.78 is 0. The fourth-order valence-corrected chi connectivity index (χ4v) is 3.25. The molecule has 0 bridgehead atoms. The highest BCUT2D eigenvalue weighted by Gasteiger charge is 2.23. The van der Waals surface area contributed by atoms with Gasteiger partial charge in [0.25, 0.3) is 0 Å². The normalized spacial score (nSPS) is 20.4. The molecule has 3 nitrogen and oxygen atoms in total. The topological polar surface area (TPSA) is 37.8 Å². The molecule has 1 aliphatic carbocycles. The van der Waals surface area contributed by atoms with Gasteiger partial charge in [0.15, 0.2) is 0 Å². The van der Waals surface area contributed by atoms with Gasteiger partial charge < -0.3 is 0 Å². The molecule has 2 unspecified atom stereocenters. The average molecular weight is 259 g/mol. The molecular weight excluding hydrogens is 242 g/mol. The van der Waals surface area contributed by atoms with Crippen LogP contribution in [-0.2, 0) is 6.42 Å². The van der Waals surface area contributed by atoms with Crippen molar-refractivity contribution in [1.82, 2.24) is 15.3 Å². The smallest absolute Gasteiger partial charge is 0.109 e. The van der Waals surface area contributed by atoms with Crippen molar-refractivity contribution in [1.29, 1.82) is 0 Å². The van der Waals surface area contributed by atoms with Crippen LogP contribution in [0.5, 0.6) is 0 Å². The van der Waals surface area contributed by atoms with E-state index in [4.69, 9.17) is 0 Å². The summed E-state index contributed by atoms with van der Waals surface area (Å²) in [5.74, 6) is 0. The second-order valence-corrected chi connectivity index (χ2v) is 5.68. The SMILES string of the molecule is CC(NC1CCCc2cccnc21)c1nccs1. The van der Waals surface area contributed by atoms with Crippen LogP contribution in [0.2, 0.25) is 0 Å². The van der Waals surface area contributed by atoms with Gasteiger partial charge in [0.2, 0.25) is 0 Å². The maximum absolute atomic E-state index is 4.56. The number of hydrogen-bond acceptors (Lipinski definition) is 4. The lowest BCUT2D eigenvalue weighted by molar-refractivity contribution is 0.406. The first-order valence-electron chi connectivity index (χ1n) is 6.44. The lowest BCUT2D eigenvalue weighted by atomic mass is 9.91. The molecule has 1 N–H and O–H groups in total. The van der Waals surface area contributed by atoms with E-state index in [1.54, 1.807) is 11.3 Å². The monoisotopic (exact) mass is 259 g/mol. The van der Waals surface area contributed by atoms with E-state index in [-0.39, 0.29) is 0 Å². The number of aryl methyl sites for hydroxylation is 1. The minimum atomic E-state index is 0.294. The number of aromatic nitrogens is 2. The number of hydrogen-bond donors (Lipinski definition) is 1. The molecule has 2 aromatic heterocycles. The van der Waals surface area contributed by atoms with Gasteiger partial charge in [-0.25, -0.2) is 4.98 Å². The van der Waals surface area contributed by atoms with Crippen LogP contribution in [0.25, 0.3) is 0 Å². The zero-order valence-electron chi connectivity index (χ0n) is 10.5. The molecule has 0 saturated heterocycles. The summed E-state index contributed by atoms with van der Waals surface area (Å²) >= 11 is 1.71. The first-order valence-corrected chi connectivity index (χ1v) is 7.32. The summed E-state index contributed by atoms with van der Waals surface area (Å²) in [5.41, 5.74) is 2.62. The molecule has 0 fully saturated rings. The van der Waals surface area contributed by atoms with Crippen molar-refractivity contribution in [2.24, 2.45) is 0 Å². The zero-order chi connectivity index (χ0) is 12.4. The third kappa shape index (κ3) is 2.31. The van der Waals surface area contributed by atoms with Gasteiger partial charge in [0, 0.05) is 17.8 Å². The highest BCUT2D eigenvalue weighted by molar-refractivity contribution is 7.09. The van der Waals surface area contributed by atoms with Gasteiger partial charge >= 0.3 is 0 Å². The average Bonchev–Trinajstić information content (AvgIpc) is 2.93.